The molecule has 29 heavy (non-hydrogen) atoms. The Hall–Kier alpha value is -1.84. The molecule has 1 saturated heterocycles. The van der Waals surface area contributed by atoms with Gasteiger partial charge >= 0.3 is 6.09 Å². The first-order valence-corrected chi connectivity index (χ1v) is 10.5. The summed E-state index contributed by atoms with van der Waals surface area (Å²) in [6, 6.07) is 0.843. The van der Waals surface area contributed by atoms with E-state index in [0.29, 0.717) is 25.1 Å². The third-order valence-electron chi connectivity index (χ3n) is 5.61. The number of rotatable bonds is 8. The van der Waals surface area contributed by atoms with Crippen LogP contribution < -0.4 is 15.2 Å². The highest BCUT2D eigenvalue weighted by Gasteiger charge is 2.32. The molecule has 1 aromatic heterocycles. The lowest BCUT2D eigenvalue weighted by Crippen LogP contribution is -2.51. The largest absolute Gasteiger partial charge is 0.474 e. The van der Waals surface area contributed by atoms with Crippen LogP contribution in [0.3, 0.4) is 0 Å². The smallest absolute Gasteiger partial charge is 0.410 e. The lowest BCUT2D eigenvalue weighted by atomic mass is 9.89. The van der Waals surface area contributed by atoms with Gasteiger partial charge in [0.15, 0.2) is 0 Å². The molecule has 2 fully saturated rings. The first-order chi connectivity index (χ1) is 14.0. The Bertz CT molecular complexity index is 649. The van der Waals surface area contributed by atoms with Crippen molar-refractivity contribution < 1.29 is 23.7 Å². The first-order valence-electron chi connectivity index (χ1n) is 10.5. The zero-order chi connectivity index (χ0) is 20.8. The van der Waals surface area contributed by atoms with Gasteiger partial charge in [0.1, 0.15) is 0 Å². The molecule has 1 amide bonds. The number of hydrogen-bond donors (Lipinski definition) is 1. The van der Waals surface area contributed by atoms with Crippen LogP contribution in [0.2, 0.25) is 0 Å². The number of carbonyl (C=O) groups excluding carboxylic acids is 1. The number of nitrogens with two attached hydrogens (primary N) is 1. The van der Waals surface area contributed by atoms with Crippen LogP contribution in [0.1, 0.15) is 52.0 Å². The maximum absolute atomic E-state index is 11.2. The molecule has 0 bridgehead atoms. The van der Waals surface area contributed by atoms with Crippen LogP contribution in [0.25, 0.3) is 0 Å². The summed E-state index contributed by atoms with van der Waals surface area (Å²) in [4.78, 5) is 13.8. The van der Waals surface area contributed by atoms with E-state index in [2.05, 4.69) is 23.8 Å². The zero-order valence-corrected chi connectivity index (χ0v) is 17.7. The Morgan fingerprint density at radius 3 is 2.45 bits per heavy atom. The van der Waals surface area contributed by atoms with E-state index >= 15 is 0 Å². The quantitative estimate of drug-likeness (QED) is 0.657. The van der Waals surface area contributed by atoms with Crippen molar-refractivity contribution in [2.24, 2.45) is 5.73 Å². The monoisotopic (exact) mass is 410 g/mol. The Labute approximate surface area is 172 Å². The number of primary amides is 1. The first kappa shape index (κ1) is 21.9. The Morgan fingerprint density at radius 1 is 1.17 bits per heavy atom. The number of hydrogen-bond acceptors (Lipinski definition) is 7. The van der Waals surface area contributed by atoms with Crippen molar-refractivity contribution in [2.45, 2.75) is 70.2 Å². The molecule has 2 atom stereocenters. The molecule has 0 unspecified atom stereocenters. The fourth-order valence-electron chi connectivity index (χ4n) is 4.40. The minimum Gasteiger partial charge on any atom is -0.474 e. The van der Waals surface area contributed by atoms with Gasteiger partial charge < -0.3 is 24.7 Å². The molecule has 3 rings (SSSR count). The highest BCUT2D eigenvalue weighted by Crippen LogP contribution is 2.35. The van der Waals surface area contributed by atoms with Gasteiger partial charge in [0.25, 0.3) is 5.88 Å². The number of ether oxygens (including phenoxy) is 4. The van der Waals surface area contributed by atoms with Crippen LogP contribution in [0.4, 0.5) is 4.79 Å². The van der Waals surface area contributed by atoms with E-state index < -0.39 is 6.09 Å². The summed E-state index contributed by atoms with van der Waals surface area (Å²) >= 11 is 0. The van der Waals surface area contributed by atoms with Gasteiger partial charge in [-0.1, -0.05) is 0 Å². The molecule has 2 aliphatic rings. The summed E-state index contributed by atoms with van der Waals surface area (Å²) in [5.41, 5.74) is 5.19. The fraction of sp³-hybridized carbons (Fsp3) is 0.800. The Kier molecular flexibility index (Phi) is 7.74. The molecule has 0 spiro atoms. The van der Waals surface area contributed by atoms with Crippen molar-refractivity contribution >= 4 is 6.09 Å². The molecular weight excluding hydrogens is 376 g/mol. The van der Waals surface area contributed by atoms with Gasteiger partial charge in [-0.15, -0.1) is 5.10 Å². The van der Waals surface area contributed by atoms with Gasteiger partial charge in [0.2, 0.25) is 5.75 Å². The van der Waals surface area contributed by atoms with E-state index in [9.17, 15) is 4.79 Å². The summed E-state index contributed by atoms with van der Waals surface area (Å²) in [7, 11) is 1.64. The van der Waals surface area contributed by atoms with Crippen molar-refractivity contribution in [1.29, 1.82) is 0 Å². The average Bonchev–Trinajstić information content (AvgIpc) is 3.06. The van der Waals surface area contributed by atoms with Crippen molar-refractivity contribution in [2.75, 3.05) is 33.4 Å². The average molecular weight is 411 g/mol. The fourth-order valence-corrected chi connectivity index (χ4v) is 4.40. The molecule has 9 nitrogen and oxygen atoms in total. The minimum absolute atomic E-state index is 0.258. The number of morpholine rings is 1. The number of methoxy groups -OCH3 is 1. The third kappa shape index (κ3) is 6.07. The van der Waals surface area contributed by atoms with Gasteiger partial charge in [-0.05, 0) is 39.5 Å². The maximum atomic E-state index is 11.2. The van der Waals surface area contributed by atoms with Crippen molar-refractivity contribution in [3.8, 4) is 11.6 Å². The normalized spacial score (nSPS) is 28.2. The molecule has 9 heteroatoms. The molecule has 1 aliphatic carbocycles. The molecule has 0 aromatic carbocycles. The van der Waals surface area contributed by atoms with Gasteiger partial charge in [-0.3, -0.25) is 9.58 Å². The van der Waals surface area contributed by atoms with Crippen LogP contribution in [-0.2, 0) is 9.47 Å². The lowest BCUT2D eigenvalue weighted by Gasteiger charge is -2.42. The molecule has 164 valence electrons. The van der Waals surface area contributed by atoms with Crippen LogP contribution in [0, 0.1) is 0 Å². The van der Waals surface area contributed by atoms with Gasteiger partial charge in [-0.25, -0.2) is 4.79 Å². The van der Waals surface area contributed by atoms with Crippen LogP contribution in [-0.4, -0.2) is 72.4 Å². The number of nitrogens with zero attached hydrogens (tertiary/aromatic N) is 3. The van der Waals surface area contributed by atoms with E-state index in [1.165, 1.54) is 0 Å². The second-order valence-electron chi connectivity index (χ2n) is 8.07. The summed E-state index contributed by atoms with van der Waals surface area (Å²) in [6.45, 7) is 7.31. The van der Waals surface area contributed by atoms with Crippen LogP contribution in [0.15, 0.2) is 6.20 Å². The Morgan fingerprint density at radius 2 is 1.83 bits per heavy atom. The SMILES string of the molecule is COCCCOc1nn(C2CCC(N3C[C@@H](C)O[C@@H](C)C3)CC2)cc1OC(N)=O. The van der Waals surface area contributed by atoms with Crippen LogP contribution >= 0.6 is 0 Å². The molecule has 0 radical (unpaired) electrons. The maximum Gasteiger partial charge on any atom is 0.410 e. The second-order valence-corrected chi connectivity index (χ2v) is 8.07. The van der Waals surface area contributed by atoms with Crippen molar-refractivity contribution in [3.63, 3.8) is 0 Å². The molecule has 2 heterocycles. The number of aromatic nitrogens is 2. The van der Waals surface area contributed by atoms with Crippen LogP contribution in [0.5, 0.6) is 11.6 Å². The lowest BCUT2D eigenvalue weighted by molar-refractivity contribution is -0.0852. The predicted molar refractivity (Wildman–Crippen MR) is 107 cm³/mol. The van der Waals surface area contributed by atoms with E-state index in [-0.39, 0.29) is 24.0 Å². The number of carbonyl (C=O) groups is 1. The molecule has 1 aliphatic heterocycles. The Balaban J connectivity index is 1.59. The van der Waals surface area contributed by atoms with E-state index in [0.717, 1.165) is 45.2 Å². The van der Waals surface area contributed by atoms with Crippen molar-refractivity contribution in [1.82, 2.24) is 14.7 Å². The van der Waals surface area contributed by atoms with Crippen molar-refractivity contribution in [3.05, 3.63) is 6.20 Å². The summed E-state index contributed by atoms with van der Waals surface area (Å²) in [6.07, 6.45) is 6.41. The van der Waals surface area contributed by atoms with Gasteiger partial charge in [0, 0.05) is 39.3 Å². The third-order valence-corrected chi connectivity index (χ3v) is 5.61. The summed E-state index contributed by atoms with van der Waals surface area (Å²) < 4.78 is 23.5. The van der Waals surface area contributed by atoms with Gasteiger partial charge in [0.05, 0.1) is 31.1 Å². The zero-order valence-electron chi connectivity index (χ0n) is 17.7. The molecule has 2 N–H and O–H groups in total. The molecule has 1 saturated carbocycles. The van der Waals surface area contributed by atoms with Gasteiger partial charge in [-0.2, -0.15) is 0 Å². The topological polar surface area (TPSA) is 101 Å². The molecule has 1 aromatic rings. The summed E-state index contributed by atoms with van der Waals surface area (Å²) in [5, 5.41) is 4.53. The highest BCUT2D eigenvalue weighted by molar-refractivity contribution is 5.68. The standard InChI is InChI=1S/C20H34N4O5/c1-14-11-23(12-15(2)28-14)16-5-7-17(8-6-16)24-13-18(29-20(21)25)19(22-24)27-10-4-9-26-3/h13-17H,4-12H2,1-3H3,(H2,21,25)/t14-,15+,16?,17?. The number of amides is 1. The summed E-state index contributed by atoms with van der Waals surface area (Å²) in [5.74, 6) is 0.575. The predicted octanol–water partition coefficient (Wildman–Crippen LogP) is 2.35. The van der Waals surface area contributed by atoms with E-state index in [4.69, 9.17) is 24.7 Å². The second kappa shape index (κ2) is 10.3. The highest BCUT2D eigenvalue weighted by atomic mass is 16.6. The minimum atomic E-state index is -0.870. The van der Waals surface area contributed by atoms with E-state index in [1.54, 1.807) is 13.3 Å². The molecular formula is C20H34N4O5. The van der Waals surface area contributed by atoms with E-state index in [1.807, 2.05) is 4.68 Å².